The van der Waals surface area contributed by atoms with Crippen molar-refractivity contribution >= 4 is 11.6 Å². The summed E-state index contributed by atoms with van der Waals surface area (Å²) in [6.07, 6.45) is 1.06. The van der Waals surface area contributed by atoms with Crippen molar-refractivity contribution in [2.45, 2.75) is 19.8 Å². The van der Waals surface area contributed by atoms with E-state index in [4.69, 9.17) is 4.74 Å². The van der Waals surface area contributed by atoms with Crippen LogP contribution in [-0.2, 0) is 11.2 Å². The third-order valence-electron chi connectivity index (χ3n) is 3.28. The van der Waals surface area contributed by atoms with Crippen LogP contribution in [0.25, 0.3) is 0 Å². The van der Waals surface area contributed by atoms with E-state index in [1.165, 1.54) is 0 Å². The maximum atomic E-state index is 11.9. The molecule has 4 heteroatoms. The summed E-state index contributed by atoms with van der Waals surface area (Å²) < 4.78 is 5.14. The highest BCUT2D eigenvalue weighted by atomic mass is 16.5. The molecule has 0 aliphatic heterocycles. The normalized spacial score (nSPS) is 11.1. The quantitative estimate of drug-likeness (QED) is 0.657. The summed E-state index contributed by atoms with van der Waals surface area (Å²) in [6.45, 7) is 2.01. The van der Waals surface area contributed by atoms with Crippen LogP contribution in [0.5, 0.6) is 5.75 Å². The van der Waals surface area contributed by atoms with Gasteiger partial charge in [-0.2, -0.15) is 5.10 Å². The summed E-state index contributed by atoms with van der Waals surface area (Å²) in [6, 6.07) is 17.2. The summed E-state index contributed by atoms with van der Waals surface area (Å²) in [5.41, 5.74) is 5.41. The van der Waals surface area contributed by atoms with Crippen LogP contribution >= 0.6 is 0 Å². The number of methoxy groups -OCH3 is 1. The van der Waals surface area contributed by atoms with Gasteiger partial charge in [0.25, 0.3) is 0 Å². The Bertz CT molecular complexity index is 634. The van der Waals surface area contributed by atoms with Gasteiger partial charge in [0.15, 0.2) is 0 Å². The molecule has 2 rings (SSSR count). The van der Waals surface area contributed by atoms with Crippen LogP contribution < -0.4 is 10.2 Å². The molecule has 0 atom stereocenters. The number of hydrogen-bond donors (Lipinski definition) is 1. The number of nitrogens with zero attached hydrogens (tertiary/aromatic N) is 1. The van der Waals surface area contributed by atoms with Crippen molar-refractivity contribution in [1.29, 1.82) is 0 Å². The number of amides is 1. The first-order chi connectivity index (χ1) is 10.7. The lowest BCUT2D eigenvalue weighted by atomic mass is 10.1. The fourth-order valence-electron chi connectivity index (χ4n) is 2.08. The van der Waals surface area contributed by atoms with Gasteiger partial charge in [-0.15, -0.1) is 0 Å². The third kappa shape index (κ3) is 4.45. The van der Waals surface area contributed by atoms with Gasteiger partial charge in [-0.3, -0.25) is 4.79 Å². The van der Waals surface area contributed by atoms with Crippen molar-refractivity contribution in [3.05, 3.63) is 65.7 Å². The predicted octanol–water partition coefficient (Wildman–Crippen LogP) is 3.17. The molecule has 1 amide bonds. The fraction of sp³-hybridized carbons (Fsp3) is 0.222. The molecule has 0 fully saturated rings. The Labute approximate surface area is 130 Å². The lowest BCUT2D eigenvalue weighted by molar-refractivity contribution is -0.120. The van der Waals surface area contributed by atoms with E-state index in [0.717, 1.165) is 29.0 Å². The number of carbonyl (C=O) groups excluding carboxylic acids is 1. The van der Waals surface area contributed by atoms with Gasteiger partial charge >= 0.3 is 0 Å². The van der Waals surface area contributed by atoms with Gasteiger partial charge in [0.2, 0.25) is 5.91 Å². The molecule has 0 radical (unpaired) electrons. The second-order valence-corrected chi connectivity index (χ2v) is 4.84. The molecule has 0 aliphatic rings. The molecule has 2 aromatic carbocycles. The summed E-state index contributed by atoms with van der Waals surface area (Å²) >= 11 is 0. The van der Waals surface area contributed by atoms with E-state index in [-0.39, 0.29) is 5.91 Å². The van der Waals surface area contributed by atoms with Crippen LogP contribution in [0.1, 0.15) is 24.5 Å². The smallest absolute Gasteiger partial charge is 0.244 e. The Balaban J connectivity index is 2.00. The van der Waals surface area contributed by atoms with Crippen LogP contribution in [0.4, 0.5) is 0 Å². The Morgan fingerprint density at radius 2 is 1.77 bits per heavy atom. The fourth-order valence-corrected chi connectivity index (χ4v) is 2.08. The summed E-state index contributed by atoms with van der Waals surface area (Å²) in [7, 11) is 1.63. The summed E-state index contributed by atoms with van der Waals surface area (Å²) in [5.74, 6) is 0.679. The van der Waals surface area contributed by atoms with Gasteiger partial charge < -0.3 is 4.74 Å². The minimum absolute atomic E-state index is 0.120. The van der Waals surface area contributed by atoms with Crippen molar-refractivity contribution in [2.75, 3.05) is 7.11 Å². The lowest BCUT2D eigenvalue weighted by Crippen LogP contribution is -2.21. The highest BCUT2D eigenvalue weighted by Crippen LogP contribution is 2.13. The summed E-state index contributed by atoms with van der Waals surface area (Å²) in [5, 5.41) is 4.24. The molecule has 1 N–H and O–H groups in total. The average molecular weight is 296 g/mol. The molecule has 4 nitrogen and oxygen atoms in total. The van der Waals surface area contributed by atoms with E-state index in [0.29, 0.717) is 6.42 Å². The SMILES string of the molecule is CC/C(=N\NC(=O)Cc1ccccc1)c1ccc(OC)cc1. The lowest BCUT2D eigenvalue weighted by Gasteiger charge is -2.06. The van der Waals surface area contributed by atoms with E-state index >= 15 is 0 Å². The van der Waals surface area contributed by atoms with E-state index in [1.54, 1.807) is 7.11 Å². The number of benzene rings is 2. The molecular weight excluding hydrogens is 276 g/mol. The minimum Gasteiger partial charge on any atom is -0.497 e. The second kappa shape index (κ2) is 7.98. The zero-order valence-corrected chi connectivity index (χ0v) is 12.9. The molecule has 0 aliphatic carbocycles. The molecule has 22 heavy (non-hydrogen) atoms. The first-order valence-electron chi connectivity index (χ1n) is 7.26. The number of carbonyl (C=O) groups is 1. The van der Waals surface area contributed by atoms with Gasteiger partial charge in [-0.1, -0.05) is 37.3 Å². The standard InChI is InChI=1S/C18H20N2O2/c1-3-17(15-9-11-16(22-2)12-10-15)19-20-18(21)13-14-7-5-4-6-8-14/h4-12H,3,13H2,1-2H3,(H,20,21)/b19-17+. The molecule has 0 unspecified atom stereocenters. The molecule has 114 valence electrons. The Hall–Kier alpha value is -2.62. The molecule has 0 spiro atoms. The first-order valence-corrected chi connectivity index (χ1v) is 7.26. The van der Waals surface area contributed by atoms with E-state index in [2.05, 4.69) is 10.5 Å². The van der Waals surface area contributed by atoms with Crippen molar-refractivity contribution in [1.82, 2.24) is 5.43 Å². The Kier molecular flexibility index (Phi) is 5.72. The molecule has 0 aromatic heterocycles. The van der Waals surface area contributed by atoms with E-state index in [1.807, 2.05) is 61.5 Å². The number of ether oxygens (including phenoxy) is 1. The molecule has 0 saturated heterocycles. The molecule has 0 heterocycles. The zero-order valence-electron chi connectivity index (χ0n) is 12.9. The zero-order chi connectivity index (χ0) is 15.8. The number of hydrogen-bond acceptors (Lipinski definition) is 3. The van der Waals surface area contributed by atoms with Crippen molar-refractivity contribution < 1.29 is 9.53 Å². The number of nitrogens with one attached hydrogen (secondary N) is 1. The van der Waals surface area contributed by atoms with E-state index < -0.39 is 0 Å². The predicted molar refractivity (Wildman–Crippen MR) is 88.1 cm³/mol. The van der Waals surface area contributed by atoms with Gasteiger partial charge in [0.1, 0.15) is 5.75 Å². The van der Waals surface area contributed by atoms with Gasteiger partial charge in [0, 0.05) is 0 Å². The van der Waals surface area contributed by atoms with Crippen LogP contribution in [0, 0.1) is 0 Å². The second-order valence-electron chi connectivity index (χ2n) is 4.84. The number of hydrazone groups is 1. The van der Waals surface area contributed by atoms with Crippen LogP contribution in [0.2, 0.25) is 0 Å². The summed E-state index contributed by atoms with van der Waals surface area (Å²) in [4.78, 5) is 11.9. The minimum atomic E-state index is -0.120. The van der Waals surface area contributed by atoms with Gasteiger partial charge in [-0.25, -0.2) is 5.43 Å². The largest absolute Gasteiger partial charge is 0.497 e. The highest BCUT2D eigenvalue weighted by Gasteiger charge is 2.05. The average Bonchev–Trinajstić information content (AvgIpc) is 2.57. The van der Waals surface area contributed by atoms with Gasteiger partial charge in [0.05, 0.1) is 19.2 Å². The van der Waals surface area contributed by atoms with Crippen LogP contribution in [0.3, 0.4) is 0 Å². The van der Waals surface area contributed by atoms with Crippen molar-refractivity contribution in [3.8, 4) is 5.75 Å². The first kappa shape index (κ1) is 15.8. The van der Waals surface area contributed by atoms with Gasteiger partial charge in [-0.05, 0) is 41.8 Å². The molecular formula is C18H20N2O2. The van der Waals surface area contributed by atoms with Crippen LogP contribution in [-0.4, -0.2) is 18.7 Å². The third-order valence-corrected chi connectivity index (χ3v) is 3.28. The monoisotopic (exact) mass is 296 g/mol. The van der Waals surface area contributed by atoms with Crippen LogP contribution in [0.15, 0.2) is 59.7 Å². The maximum absolute atomic E-state index is 11.9. The topological polar surface area (TPSA) is 50.7 Å². The van der Waals surface area contributed by atoms with Crippen molar-refractivity contribution in [3.63, 3.8) is 0 Å². The molecule has 0 bridgehead atoms. The number of rotatable bonds is 6. The molecule has 0 saturated carbocycles. The molecule has 2 aromatic rings. The Morgan fingerprint density at radius 3 is 2.36 bits per heavy atom. The Morgan fingerprint density at radius 1 is 1.09 bits per heavy atom. The highest BCUT2D eigenvalue weighted by molar-refractivity contribution is 6.01. The van der Waals surface area contributed by atoms with Crippen molar-refractivity contribution in [2.24, 2.45) is 5.10 Å². The maximum Gasteiger partial charge on any atom is 0.244 e. The van der Waals surface area contributed by atoms with E-state index in [9.17, 15) is 4.79 Å².